The largest absolute Gasteiger partial charge is 0.465 e. The molecule has 1 aliphatic heterocycles. The first-order chi connectivity index (χ1) is 18.4. The summed E-state index contributed by atoms with van der Waals surface area (Å²) >= 11 is 0. The van der Waals surface area contributed by atoms with E-state index in [1.165, 1.54) is 23.8 Å². The number of amides is 1. The van der Waals surface area contributed by atoms with Crippen LogP contribution in [0.1, 0.15) is 62.4 Å². The van der Waals surface area contributed by atoms with Crippen LogP contribution in [0.3, 0.4) is 0 Å². The number of carbonyl (C=O) groups excluding carboxylic acids is 2. The molecule has 7 nitrogen and oxygen atoms in total. The van der Waals surface area contributed by atoms with Crippen LogP contribution in [0.5, 0.6) is 0 Å². The number of aryl methyl sites for hydroxylation is 1. The molecule has 3 aromatic carbocycles. The summed E-state index contributed by atoms with van der Waals surface area (Å²) in [5.74, 6) is -0.125. The van der Waals surface area contributed by atoms with Gasteiger partial charge in [0.2, 0.25) is 0 Å². The van der Waals surface area contributed by atoms with Gasteiger partial charge in [-0.25, -0.2) is 9.79 Å². The fourth-order valence-corrected chi connectivity index (χ4v) is 5.07. The van der Waals surface area contributed by atoms with Crippen LogP contribution in [0.2, 0.25) is 0 Å². The number of hydrogen-bond donors (Lipinski definition) is 1. The van der Waals surface area contributed by atoms with Crippen LogP contribution in [0.4, 0.5) is 0 Å². The van der Waals surface area contributed by atoms with E-state index in [1.54, 1.807) is 25.2 Å². The number of methoxy groups -OCH3 is 1. The number of hydrazone groups is 1. The molecule has 1 amide bonds. The minimum absolute atomic E-state index is 0.114. The number of benzene rings is 3. The van der Waals surface area contributed by atoms with E-state index in [0.717, 1.165) is 17.6 Å². The zero-order valence-corrected chi connectivity index (χ0v) is 22.2. The molecule has 0 spiro atoms. The molecule has 3 aromatic rings. The quantitative estimate of drug-likeness (QED) is 0.208. The molecule has 1 unspecified atom stereocenters. The van der Waals surface area contributed by atoms with Crippen molar-refractivity contribution in [1.29, 1.82) is 0 Å². The predicted octanol–water partition coefficient (Wildman–Crippen LogP) is 5.42. The highest BCUT2D eigenvalue weighted by Crippen LogP contribution is 2.41. The van der Waals surface area contributed by atoms with E-state index in [4.69, 9.17) is 4.74 Å². The third-order valence-electron chi connectivity index (χ3n) is 6.89. The van der Waals surface area contributed by atoms with Gasteiger partial charge < -0.3 is 15.1 Å². The summed E-state index contributed by atoms with van der Waals surface area (Å²) < 4.78 is 4.96. The number of carbonyl (C=O) groups is 2. The first kappa shape index (κ1) is 26.5. The molecule has 4 rings (SSSR count). The lowest BCUT2D eigenvalue weighted by molar-refractivity contribution is 0.0600. The van der Waals surface area contributed by atoms with Gasteiger partial charge in [-0.3, -0.25) is 4.79 Å². The summed E-state index contributed by atoms with van der Waals surface area (Å²) in [4.78, 5) is 32.2. The van der Waals surface area contributed by atoms with Gasteiger partial charge in [-0.05, 0) is 79.1 Å². The van der Waals surface area contributed by atoms with E-state index in [-0.39, 0.29) is 11.9 Å². The number of hydrogen-bond acceptors (Lipinski definition) is 5. The average molecular weight is 509 g/mol. The number of nitrogens with one attached hydrogen (secondary N) is 1. The Morgan fingerprint density at radius 3 is 2.39 bits per heavy atom. The third kappa shape index (κ3) is 5.27. The second kappa shape index (κ2) is 11.7. The Morgan fingerprint density at radius 1 is 0.974 bits per heavy atom. The third-order valence-corrected chi connectivity index (χ3v) is 6.89. The molecule has 1 heterocycles. The van der Waals surface area contributed by atoms with Crippen LogP contribution in [0.15, 0.2) is 88.5 Å². The molecule has 0 aliphatic carbocycles. The Balaban J connectivity index is 1.83. The van der Waals surface area contributed by atoms with Crippen LogP contribution in [0.25, 0.3) is 5.57 Å². The number of aliphatic imine (C=N–C) groups is 1. The van der Waals surface area contributed by atoms with Crippen molar-refractivity contribution >= 4 is 30.0 Å². The van der Waals surface area contributed by atoms with E-state index < -0.39 is 5.97 Å². The van der Waals surface area contributed by atoms with Gasteiger partial charge in [0.25, 0.3) is 5.91 Å². The Hall–Kier alpha value is -4.52. The predicted molar refractivity (Wildman–Crippen MR) is 152 cm³/mol. The first-order valence-corrected chi connectivity index (χ1v) is 12.5. The lowest BCUT2D eigenvalue weighted by Crippen LogP contribution is -2.39. The van der Waals surface area contributed by atoms with E-state index in [0.29, 0.717) is 29.1 Å². The number of amidine groups is 1. The van der Waals surface area contributed by atoms with E-state index in [1.807, 2.05) is 47.4 Å². The maximum atomic E-state index is 14.0. The smallest absolute Gasteiger partial charge is 0.337 e. The second-order valence-corrected chi connectivity index (χ2v) is 9.14. The molecule has 0 aromatic heterocycles. The zero-order chi connectivity index (χ0) is 27.2. The van der Waals surface area contributed by atoms with E-state index >= 15 is 0 Å². The Morgan fingerprint density at radius 2 is 1.68 bits per heavy atom. The van der Waals surface area contributed by atoms with Crippen LogP contribution < -0.4 is 5.43 Å². The highest BCUT2D eigenvalue weighted by atomic mass is 16.5. The molecule has 1 N–H and O–H groups in total. The number of esters is 1. The molecule has 7 heteroatoms. The molecular weight excluding hydrogens is 476 g/mol. The van der Waals surface area contributed by atoms with Crippen LogP contribution in [-0.2, 0) is 4.74 Å². The summed E-state index contributed by atoms with van der Waals surface area (Å²) in [5, 5.41) is 4.15. The van der Waals surface area contributed by atoms with Crippen molar-refractivity contribution in [3.8, 4) is 0 Å². The molecule has 38 heavy (non-hydrogen) atoms. The van der Waals surface area contributed by atoms with Crippen molar-refractivity contribution in [2.75, 3.05) is 20.7 Å². The zero-order valence-electron chi connectivity index (χ0n) is 22.2. The Labute approximate surface area is 223 Å². The van der Waals surface area contributed by atoms with Gasteiger partial charge in [-0.15, -0.1) is 0 Å². The SMILES string of the molecule is C=N/C(=N\NC)c1cccc(C(=O)N2CCC(c3ccccc3C)=C(C)C2c2cccc(C(=O)OC)c2)c1. The molecule has 0 radical (unpaired) electrons. The highest BCUT2D eigenvalue weighted by molar-refractivity contribution is 6.04. The van der Waals surface area contributed by atoms with Gasteiger partial charge in [-0.1, -0.05) is 48.5 Å². The molecular formula is C31H32N4O3. The van der Waals surface area contributed by atoms with Crippen molar-refractivity contribution in [3.05, 3.63) is 112 Å². The van der Waals surface area contributed by atoms with Gasteiger partial charge in [0.05, 0.1) is 18.7 Å². The van der Waals surface area contributed by atoms with Gasteiger partial charge in [0, 0.05) is 24.7 Å². The lowest BCUT2D eigenvalue weighted by atomic mass is 9.84. The minimum atomic E-state index is -0.415. The van der Waals surface area contributed by atoms with Crippen LogP contribution in [-0.4, -0.2) is 50.0 Å². The monoisotopic (exact) mass is 508 g/mol. The average Bonchev–Trinajstić information content (AvgIpc) is 2.95. The van der Waals surface area contributed by atoms with E-state index in [2.05, 4.69) is 48.2 Å². The van der Waals surface area contributed by atoms with Gasteiger partial charge in [-0.2, -0.15) is 5.10 Å². The van der Waals surface area contributed by atoms with Gasteiger partial charge in [0.15, 0.2) is 5.84 Å². The standard InChI is InChI=1S/C31H32N4O3/c1-20-10-6-7-15-26(20)27-16-17-35(28(21(27)2)22-11-8-14-25(18-22)31(37)38-5)30(36)24-13-9-12-23(19-24)29(32-3)34-33-4/h6-15,18-19,28,33H,3,16-17H2,1-2,4-5H3/b34-29-. The maximum absolute atomic E-state index is 14.0. The van der Waals surface area contributed by atoms with Crippen molar-refractivity contribution in [1.82, 2.24) is 10.3 Å². The lowest BCUT2D eigenvalue weighted by Gasteiger charge is -2.39. The minimum Gasteiger partial charge on any atom is -0.465 e. The Kier molecular flexibility index (Phi) is 8.16. The Bertz CT molecular complexity index is 1440. The molecule has 194 valence electrons. The summed E-state index contributed by atoms with van der Waals surface area (Å²) in [6, 6.07) is 22.5. The van der Waals surface area contributed by atoms with Crippen molar-refractivity contribution in [2.24, 2.45) is 10.1 Å². The van der Waals surface area contributed by atoms with Crippen molar-refractivity contribution in [3.63, 3.8) is 0 Å². The molecule has 0 saturated heterocycles. The summed E-state index contributed by atoms with van der Waals surface area (Å²) in [6.45, 7) is 8.29. The maximum Gasteiger partial charge on any atom is 0.337 e. The molecule has 0 saturated carbocycles. The number of rotatable bonds is 6. The van der Waals surface area contributed by atoms with E-state index in [9.17, 15) is 9.59 Å². The number of nitrogens with zero attached hydrogens (tertiary/aromatic N) is 3. The number of ether oxygens (including phenoxy) is 1. The fraction of sp³-hybridized carbons (Fsp3) is 0.226. The summed E-state index contributed by atoms with van der Waals surface area (Å²) in [5.41, 5.74) is 9.89. The molecule has 0 bridgehead atoms. The van der Waals surface area contributed by atoms with Crippen LogP contribution >= 0.6 is 0 Å². The summed E-state index contributed by atoms with van der Waals surface area (Å²) in [6.07, 6.45) is 0.718. The highest BCUT2D eigenvalue weighted by Gasteiger charge is 2.33. The van der Waals surface area contributed by atoms with Gasteiger partial charge in [0.1, 0.15) is 0 Å². The van der Waals surface area contributed by atoms with Gasteiger partial charge >= 0.3 is 5.97 Å². The molecule has 1 atom stereocenters. The van der Waals surface area contributed by atoms with Crippen LogP contribution in [0, 0.1) is 6.92 Å². The first-order valence-electron chi connectivity index (χ1n) is 12.5. The molecule has 0 fully saturated rings. The fourth-order valence-electron chi connectivity index (χ4n) is 5.07. The topological polar surface area (TPSA) is 83.4 Å². The normalized spacial score (nSPS) is 15.7. The molecule has 1 aliphatic rings. The summed E-state index contributed by atoms with van der Waals surface area (Å²) in [7, 11) is 3.05. The van der Waals surface area contributed by atoms with Crippen molar-refractivity contribution < 1.29 is 14.3 Å². The van der Waals surface area contributed by atoms with Crippen molar-refractivity contribution in [2.45, 2.75) is 26.3 Å². The second-order valence-electron chi connectivity index (χ2n) is 9.14.